The molecule has 182 valence electrons. The van der Waals surface area contributed by atoms with Crippen molar-refractivity contribution in [2.24, 2.45) is 5.92 Å². The Morgan fingerprint density at radius 3 is 2.49 bits per heavy atom. The molecule has 0 fully saturated rings. The lowest BCUT2D eigenvalue weighted by Crippen LogP contribution is -2.50. The van der Waals surface area contributed by atoms with Gasteiger partial charge in [-0.2, -0.15) is 0 Å². The van der Waals surface area contributed by atoms with Crippen LogP contribution in [0, 0.1) is 5.92 Å². The number of hydrogen-bond donors (Lipinski definition) is 1. The molecule has 3 aliphatic carbocycles. The molecular weight excluding hydrogens is 436 g/mol. The summed E-state index contributed by atoms with van der Waals surface area (Å²) < 4.78 is 1.34. The first-order chi connectivity index (χ1) is 17.1. The number of rotatable bonds is 7. The molecule has 0 radical (unpaired) electrons. The molecule has 2 aromatic rings. The Kier molecular flexibility index (Phi) is 6.87. The van der Waals surface area contributed by atoms with Crippen LogP contribution in [0.5, 0.6) is 0 Å². The lowest BCUT2D eigenvalue weighted by atomic mass is 9.99. The molecule has 1 atom stereocenters. The van der Waals surface area contributed by atoms with Crippen LogP contribution in [0.4, 0.5) is 0 Å². The normalized spacial score (nSPS) is 17.6. The molecule has 5 nitrogen and oxygen atoms in total. The van der Waals surface area contributed by atoms with Crippen molar-refractivity contribution in [1.29, 1.82) is 0 Å². The zero-order valence-corrected chi connectivity index (χ0v) is 20.5. The summed E-state index contributed by atoms with van der Waals surface area (Å²) in [5, 5.41) is 12.9. The third kappa shape index (κ3) is 4.70. The van der Waals surface area contributed by atoms with Crippen molar-refractivity contribution < 1.29 is 9.90 Å². The van der Waals surface area contributed by atoms with Crippen molar-refractivity contribution in [2.75, 3.05) is 6.54 Å². The first-order valence-electron chi connectivity index (χ1n) is 12.9. The molecule has 0 aliphatic heterocycles. The van der Waals surface area contributed by atoms with Gasteiger partial charge in [0.1, 0.15) is 0 Å². The fourth-order valence-corrected chi connectivity index (χ4v) is 5.71. The van der Waals surface area contributed by atoms with Crippen LogP contribution in [0.3, 0.4) is 0 Å². The lowest BCUT2D eigenvalue weighted by molar-refractivity contribution is 0.0312. The molecule has 1 aromatic carbocycles. The third-order valence-electron chi connectivity index (χ3n) is 7.54. The topological polar surface area (TPSA) is 62.5 Å². The van der Waals surface area contributed by atoms with Gasteiger partial charge in [0.05, 0.1) is 10.9 Å². The van der Waals surface area contributed by atoms with Gasteiger partial charge in [0.25, 0.3) is 5.56 Å². The second-order valence-electron chi connectivity index (χ2n) is 9.81. The molecule has 1 N–H and O–H groups in total. The molecule has 5 heteroatoms. The van der Waals surface area contributed by atoms with Gasteiger partial charge in [0.15, 0.2) is 6.23 Å². The van der Waals surface area contributed by atoms with Crippen LogP contribution in [-0.2, 0) is 12.8 Å². The first kappa shape index (κ1) is 23.6. The van der Waals surface area contributed by atoms with Gasteiger partial charge in [-0.05, 0) is 86.3 Å². The van der Waals surface area contributed by atoms with E-state index in [2.05, 4.69) is 42.5 Å². The zero-order chi connectivity index (χ0) is 24.4. The molecule has 1 heterocycles. The SMILES string of the molecule is CCN(C1=CCCC=C1)C(O)c1cc2c(n(C(=O)CCC3Cc4ccccc4C3)c1=O)=CCCC=2. The Bertz CT molecular complexity index is 1340. The Morgan fingerprint density at radius 1 is 1.09 bits per heavy atom. The van der Waals surface area contributed by atoms with E-state index < -0.39 is 11.8 Å². The van der Waals surface area contributed by atoms with E-state index in [1.807, 2.05) is 24.0 Å². The minimum atomic E-state index is -1.11. The smallest absolute Gasteiger partial charge is 0.265 e. The number of likely N-dealkylation sites (N-methyl/N-ethyl adjacent to an activating group) is 1. The number of pyridine rings is 1. The molecular formula is C30H34N2O3. The fraction of sp³-hybridized carbons (Fsp3) is 0.400. The van der Waals surface area contributed by atoms with E-state index in [9.17, 15) is 14.7 Å². The Morgan fingerprint density at radius 2 is 1.80 bits per heavy atom. The van der Waals surface area contributed by atoms with Gasteiger partial charge in [-0.1, -0.05) is 48.6 Å². The predicted octanol–water partition coefficient (Wildman–Crippen LogP) is 3.59. The van der Waals surface area contributed by atoms with E-state index in [0.29, 0.717) is 24.2 Å². The molecule has 3 aliphatic rings. The van der Waals surface area contributed by atoms with Crippen molar-refractivity contribution in [2.45, 2.75) is 64.5 Å². The number of nitrogens with zero attached hydrogens (tertiary/aromatic N) is 2. The number of aliphatic hydroxyl groups is 1. The molecule has 1 aromatic heterocycles. The van der Waals surface area contributed by atoms with E-state index in [-0.39, 0.29) is 11.5 Å². The third-order valence-corrected chi connectivity index (χ3v) is 7.54. The fourth-order valence-electron chi connectivity index (χ4n) is 5.71. The number of aliphatic hydroxyl groups excluding tert-OH is 1. The van der Waals surface area contributed by atoms with Crippen LogP contribution < -0.4 is 16.1 Å². The number of allylic oxidation sites excluding steroid dienone is 3. The maximum absolute atomic E-state index is 13.7. The highest BCUT2D eigenvalue weighted by Gasteiger charge is 2.26. The molecule has 0 spiro atoms. The number of hydrogen-bond acceptors (Lipinski definition) is 4. The highest BCUT2D eigenvalue weighted by molar-refractivity contribution is 5.79. The second kappa shape index (κ2) is 10.2. The highest BCUT2D eigenvalue weighted by atomic mass is 16.3. The summed E-state index contributed by atoms with van der Waals surface area (Å²) in [5.74, 6) is 0.246. The molecule has 0 amide bonds. The van der Waals surface area contributed by atoms with Crippen molar-refractivity contribution in [3.05, 3.63) is 91.9 Å². The van der Waals surface area contributed by atoms with Crippen LogP contribution in [-0.4, -0.2) is 27.0 Å². The number of carbonyl (C=O) groups excluding carboxylic acids is 1. The zero-order valence-electron chi connectivity index (χ0n) is 20.5. The average Bonchev–Trinajstić information content (AvgIpc) is 3.31. The summed E-state index contributed by atoms with van der Waals surface area (Å²) in [5.41, 5.74) is 3.52. The Hall–Kier alpha value is -3.18. The van der Waals surface area contributed by atoms with Crippen molar-refractivity contribution in [3.8, 4) is 0 Å². The van der Waals surface area contributed by atoms with Gasteiger partial charge in [-0.15, -0.1) is 0 Å². The van der Waals surface area contributed by atoms with E-state index in [1.165, 1.54) is 15.7 Å². The standard InChI is InChI=1S/C30H34N2O3/c1-2-31(25-13-4-3-5-14-25)29(34)26-20-24-12-8-9-15-27(24)32(30(26)35)28(33)17-16-21-18-22-10-6-7-11-23(22)19-21/h4,6-7,10-15,20-21,29,34H,2-3,5,8-9,16-19H2,1H3. The highest BCUT2D eigenvalue weighted by Crippen LogP contribution is 2.29. The van der Waals surface area contributed by atoms with E-state index in [4.69, 9.17) is 0 Å². The summed E-state index contributed by atoms with van der Waals surface area (Å²) in [7, 11) is 0. The van der Waals surface area contributed by atoms with Gasteiger partial charge in [-0.3, -0.25) is 9.59 Å². The van der Waals surface area contributed by atoms with Gasteiger partial charge < -0.3 is 10.0 Å². The minimum absolute atomic E-state index is 0.178. The number of carbonyl (C=O) groups is 1. The monoisotopic (exact) mass is 470 g/mol. The van der Waals surface area contributed by atoms with Crippen molar-refractivity contribution >= 4 is 18.1 Å². The van der Waals surface area contributed by atoms with E-state index in [0.717, 1.165) is 55.9 Å². The van der Waals surface area contributed by atoms with Crippen molar-refractivity contribution in [3.63, 3.8) is 0 Å². The molecule has 0 saturated carbocycles. The number of benzene rings is 1. The molecule has 0 bridgehead atoms. The molecule has 5 rings (SSSR count). The van der Waals surface area contributed by atoms with Crippen LogP contribution in [0.25, 0.3) is 12.2 Å². The quantitative estimate of drug-likeness (QED) is 0.629. The Balaban J connectivity index is 1.44. The summed E-state index contributed by atoms with van der Waals surface area (Å²) >= 11 is 0. The molecule has 35 heavy (non-hydrogen) atoms. The largest absolute Gasteiger partial charge is 0.369 e. The predicted molar refractivity (Wildman–Crippen MR) is 139 cm³/mol. The first-order valence-corrected chi connectivity index (χ1v) is 12.9. The van der Waals surface area contributed by atoms with Gasteiger partial charge >= 0.3 is 0 Å². The summed E-state index contributed by atoms with van der Waals surface area (Å²) in [4.78, 5) is 29.0. The maximum atomic E-state index is 13.7. The van der Waals surface area contributed by atoms with Crippen LogP contribution >= 0.6 is 0 Å². The van der Waals surface area contributed by atoms with Crippen LogP contribution in [0.15, 0.2) is 59.1 Å². The number of fused-ring (bicyclic) bond motifs is 2. The minimum Gasteiger partial charge on any atom is -0.369 e. The number of aromatic nitrogens is 1. The van der Waals surface area contributed by atoms with Gasteiger partial charge in [-0.25, -0.2) is 4.57 Å². The van der Waals surface area contributed by atoms with E-state index >= 15 is 0 Å². The van der Waals surface area contributed by atoms with E-state index in [1.54, 1.807) is 6.07 Å². The second-order valence-corrected chi connectivity index (χ2v) is 9.81. The average molecular weight is 471 g/mol. The van der Waals surface area contributed by atoms with Crippen LogP contribution in [0.2, 0.25) is 0 Å². The van der Waals surface area contributed by atoms with Crippen molar-refractivity contribution in [1.82, 2.24) is 9.47 Å². The summed E-state index contributed by atoms with van der Waals surface area (Å²) in [6, 6.07) is 10.3. The summed E-state index contributed by atoms with van der Waals surface area (Å²) in [6.45, 7) is 2.52. The maximum Gasteiger partial charge on any atom is 0.265 e. The van der Waals surface area contributed by atoms with Crippen LogP contribution in [0.1, 0.15) is 73.2 Å². The molecule has 1 unspecified atom stereocenters. The lowest BCUT2D eigenvalue weighted by Gasteiger charge is -2.31. The van der Waals surface area contributed by atoms with Gasteiger partial charge in [0, 0.05) is 18.7 Å². The Labute approximate surface area is 206 Å². The summed E-state index contributed by atoms with van der Waals surface area (Å²) in [6.07, 6.45) is 15.7. The molecule has 0 saturated heterocycles. The van der Waals surface area contributed by atoms with Gasteiger partial charge in [0.2, 0.25) is 5.91 Å².